The molecule has 0 fully saturated rings. The van der Waals surface area contributed by atoms with E-state index < -0.39 is 20.9 Å². The van der Waals surface area contributed by atoms with Gasteiger partial charge in [-0.25, -0.2) is 18.4 Å². The van der Waals surface area contributed by atoms with Crippen LogP contribution >= 0.6 is 0 Å². The summed E-state index contributed by atoms with van der Waals surface area (Å²) in [5, 5.41) is 13.5. The highest BCUT2D eigenvalue weighted by Crippen LogP contribution is 2.17. The Morgan fingerprint density at radius 1 is 1.50 bits per heavy atom. The zero-order valence-corrected chi connectivity index (χ0v) is 9.11. The van der Waals surface area contributed by atoms with Crippen molar-refractivity contribution in [1.29, 1.82) is 5.26 Å². The van der Waals surface area contributed by atoms with Gasteiger partial charge in [-0.1, -0.05) is 0 Å². The first-order valence-corrected chi connectivity index (χ1v) is 5.60. The maximum absolute atomic E-state index is 11.3. The topological polar surface area (TPSA) is 110 Å². The number of carbonyl (C=O) groups excluding carboxylic acids is 1. The number of hydrogen-bond donors (Lipinski definition) is 1. The van der Waals surface area contributed by atoms with Gasteiger partial charge in [0.2, 0.25) is 10.0 Å². The fourth-order valence-corrected chi connectivity index (χ4v) is 1.86. The molecule has 84 valence electrons. The number of benzene rings is 1. The molecule has 0 heterocycles. The van der Waals surface area contributed by atoms with E-state index in [-0.39, 0.29) is 11.1 Å². The molecular formula is C9H8N2O4S. The summed E-state index contributed by atoms with van der Waals surface area (Å²) in [6, 6.07) is 5.27. The number of nitrogens with two attached hydrogens (primary N) is 1. The Bertz CT molecular complexity index is 572. The van der Waals surface area contributed by atoms with Crippen LogP contribution < -0.4 is 5.14 Å². The SMILES string of the molecule is COC(=O)c1ccc(C#N)cc1S(N)(=O)=O. The first kappa shape index (κ1) is 12.2. The molecule has 0 saturated carbocycles. The van der Waals surface area contributed by atoms with Crippen molar-refractivity contribution < 1.29 is 17.9 Å². The van der Waals surface area contributed by atoms with E-state index in [0.29, 0.717) is 0 Å². The lowest BCUT2D eigenvalue weighted by Gasteiger charge is -2.05. The van der Waals surface area contributed by atoms with Crippen LogP contribution in [0, 0.1) is 11.3 Å². The van der Waals surface area contributed by atoms with Crippen molar-refractivity contribution in [3.63, 3.8) is 0 Å². The van der Waals surface area contributed by atoms with Crippen molar-refractivity contribution in [2.45, 2.75) is 4.90 Å². The molecule has 0 saturated heterocycles. The van der Waals surface area contributed by atoms with Gasteiger partial charge in [0.25, 0.3) is 0 Å². The number of rotatable bonds is 2. The lowest BCUT2D eigenvalue weighted by atomic mass is 10.1. The molecule has 1 aromatic rings. The molecule has 0 bridgehead atoms. The van der Waals surface area contributed by atoms with Gasteiger partial charge in [-0.15, -0.1) is 0 Å². The maximum Gasteiger partial charge on any atom is 0.339 e. The molecule has 0 atom stereocenters. The Morgan fingerprint density at radius 3 is 2.56 bits per heavy atom. The summed E-state index contributed by atoms with van der Waals surface area (Å²) in [6.45, 7) is 0. The van der Waals surface area contributed by atoms with E-state index in [9.17, 15) is 13.2 Å². The van der Waals surface area contributed by atoms with Crippen molar-refractivity contribution in [3.05, 3.63) is 29.3 Å². The molecule has 0 aliphatic carbocycles. The Balaban J connectivity index is 3.53. The van der Waals surface area contributed by atoms with Crippen molar-refractivity contribution in [2.24, 2.45) is 5.14 Å². The Kier molecular flexibility index (Phi) is 3.27. The predicted molar refractivity (Wildman–Crippen MR) is 53.9 cm³/mol. The highest BCUT2D eigenvalue weighted by Gasteiger charge is 2.20. The summed E-state index contributed by atoms with van der Waals surface area (Å²) >= 11 is 0. The van der Waals surface area contributed by atoms with Gasteiger partial charge >= 0.3 is 5.97 Å². The van der Waals surface area contributed by atoms with E-state index in [1.165, 1.54) is 12.1 Å². The van der Waals surface area contributed by atoms with Gasteiger partial charge in [0.05, 0.1) is 29.2 Å². The number of primary sulfonamides is 1. The van der Waals surface area contributed by atoms with Crippen molar-refractivity contribution in [3.8, 4) is 6.07 Å². The Labute approximate surface area is 92.3 Å². The molecule has 1 aromatic carbocycles. The number of sulfonamides is 1. The van der Waals surface area contributed by atoms with Gasteiger partial charge in [-0.2, -0.15) is 5.26 Å². The van der Waals surface area contributed by atoms with E-state index in [1.807, 2.05) is 0 Å². The second kappa shape index (κ2) is 4.30. The third kappa shape index (κ3) is 2.36. The molecule has 6 nitrogen and oxygen atoms in total. The second-order valence-electron chi connectivity index (χ2n) is 2.86. The quantitative estimate of drug-likeness (QED) is 0.731. The van der Waals surface area contributed by atoms with E-state index in [2.05, 4.69) is 4.74 Å². The largest absolute Gasteiger partial charge is 0.465 e. The average Bonchev–Trinajstić information content (AvgIpc) is 2.26. The van der Waals surface area contributed by atoms with E-state index in [0.717, 1.165) is 13.2 Å². The van der Waals surface area contributed by atoms with Crippen molar-refractivity contribution in [2.75, 3.05) is 7.11 Å². The van der Waals surface area contributed by atoms with Gasteiger partial charge in [0.1, 0.15) is 0 Å². The summed E-state index contributed by atoms with van der Waals surface area (Å²) in [4.78, 5) is 10.8. The molecule has 16 heavy (non-hydrogen) atoms. The summed E-state index contributed by atoms with van der Waals surface area (Å²) in [6.07, 6.45) is 0. The normalized spacial score (nSPS) is 10.6. The van der Waals surface area contributed by atoms with Gasteiger partial charge in [-0.3, -0.25) is 0 Å². The molecule has 0 unspecified atom stereocenters. The number of nitrogens with zero attached hydrogens (tertiary/aromatic N) is 1. The molecule has 0 aliphatic rings. The molecule has 2 N–H and O–H groups in total. The molecule has 7 heteroatoms. The van der Waals surface area contributed by atoms with Crippen LogP contribution in [0.2, 0.25) is 0 Å². The first-order chi connectivity index (χ1) is 7.40. The molecule has 0 amide bonds. The average molecular weight is 240 g/mol. The van der Waals surface area contributed by atoms with E-state index in [4.69, 9.17) is 10.4 Å². The third-order valence-electron chi connectivity index (χ3n) is 1.82. The summed E-state index contributed by atoms with van der Waals surface area (Å²) < 4.78 is 26.8. The van der Waals surface area contributed by atoms with E-state index >= 15 is 0 Å². The zero-order valence-electron chi connectivity index (χ0n) is 8.30. The monoisotopic (exact) mass is 240 g/mol. The lowest BCUT2D eigenvalue weighted by molar-refractivity contribution is 0.0596. The maximum atomic E-state index is 11.3. The highest BCUT2D eigenvalue weighted by atomic mass is 32.2. The van der Waals surface area contributed by atoms with Crippen LogP contribution in [0.5, 0.6) is 0 Å². The zero-order chi connectivity index (χ0) is 12.3. The number of ether oxygens (including phenoxy) is 1. The van der Waals surface area contributed by atoms with Crippen LogP contribution in [0.25, 0.3) is 0 Å². The number of hydrogen-bond acceptors (Lipinski definition) is 5. The molecule has 0 aromatic heterocycles. The lowest BCUT2D eigenvalue weighted by Crippen LogP contribution is -2.17. The van der Waals surface area contributed by atoms with Crippen molar-refractivity contribution >= 4 is 16.0 Å². The second-order valence-corrected chi connectivity index (χ2v) is 4.39. The number of carbonyl (C=O) groups is 1. The fraction of sp³-hybridized carbons (Fsp3) is 0.111. The van der Waals surface area contributed by atoms with Gasteiger partial charge in [-0.05, 0) is 18.2 Å². The summed E-state index contributed by atoms with van der Waals surface area (Å²) in [5.41, 5.74) is -0.0966. The molecule has 0 spiro atoms. The number of nitriles is 1. The molecule has 0 aliphatic heterocycles. The van der Waals surface area contributed by atoms with Gasteiger partial charge in [0.15, 0.2) is 0 Å². The van der Waals surface area contributed by atoms with Crippen LogP contribution in [0.3, 0.4) is 0 Å². The van der Waals surface area contributed by atoms with Crippen molar-refractivity contribution in [1.82, 2.24) is 0 Å². The number of esters is 1. The van der Waals surface area contributed by atoms with Gasteiger partial charge < -0.3 is 4.74 Å². The standard InChI is InChI=1S/C9H8N2O4S/c1-15-9(12)7-3-2-6(5-10)4-8(7)16(11,13)14/h2-4H,1H3,(H2,11,13,14). The van der Waals surface area contributed by atoms with Crippen LogP contribution in [-0.2, 0) is 14.8 Å². The van der Waals surface area contributed by atoms with E-state index in [1.54, 1.807) is 6.07 Å². The van der Waals surface area contributed by atoms with Crippen LogP contribution in [0.15, 0.2) is 23.1 Å². The fourth-order valence-electron chi connectivity index (χ4n) is 1.11. The highest BCUT2D eigenvalue weighted by molar-refractivity contribution is 7.89. The summed E-state index contributed by atoms with van der Waals surface area (Å²) in [7, 11) is -2.95. The Morgan fingerprint density at radius 2 is 2.12 bits per heavy atom. The minimum atomic E-state index is -4.07. The smallest absolute Gasteiger partial charge is 0.339 e. The third-order valence-corrected chi connectivity index (χ3v) is 2.77. The minimum absolute atomic E-state index is 0.0941. The van der Waals surface area contributed by atoms with Crippen LogP contribution in [0.4, 0.5) is 0 Å². The summed E-state index contributed by atoms with van der Waals surface area (Å²) in [5.74, 6) is -0.825. The van der Waals surface area contributed by atoms with Crippen LogP contribution in [0.1, 0.15) is 15.9 Å². The molecule has 1 rings (SSSR count). The predicted octanol–water partition coefficient (Wildman–Crippen LogP) is -0.00772. The van der Waals surface area contributed by atoms with Crippen LogP contribution in [-0.4, -0.2) is 21.5 Å². The Hall–Kier alpha value is -1.91. The molecular weight excluding hydrogens is 232 g/mol. The minimum Gasteiger partial charge on any atom is -0.465 e. The van der Waals surface area contributed by atoms with Gasteiger partial charge in [0, 0.05) is 0 Å². The first-order valence-electron chi connectivity index (χ1n) is 4.05. The number of methoxy groups -OCH3 is 1. The molecule has 0 radical (unpaired) electrons.